The molecule has 1 amide bonds. The zero-order chi connectivity index (χ0) is 15.2. The van der Waals surface area contributed by atoms with E-state index in [4.69, 9.17) is 11.0 Å². The second kappa shape index (κ2) is 7.21. The molecule has 5 heteroatoms. The van der Waals surface area contributed by atoms with Crippen LogP contribution in [0.3, 0.4) is 0 Å². The number of anilines is 1. The largest absolute Gasteiger partial charge is 0.330 e. The van der Waals surface area contributed by atoms with Crippen LogP contribution in [-0.2, 0) is 4.79 Å². The van der Waals surface area contributed by atoms with E-state index in [1.54, 1.807) is 24.3 Å². The van der Waals surface area contributed by atoms with E-state index < -0.39 is 0 Å². The third kappa shape index (κ3) is 4.03. The van der Waals surface area contributed by atoms with Gasteiger partial charge in [0.1, 0.15) is 0 Å². The lowest BCUT2D eigenvalue weighted by Crippen LogP contribution is -2.41. The molecule has 1 aliphatic rings. The molecule has 0 radical (unpaired) electrons. The topological polar surface area (TPSA) is 82.2 Å². The first kappa shape index (κ1) is 15.5. The third-order valence-electron chi connectivity index (χ3n) is 4.18. The predicted molar refractivity (Wildman–Crippen MR) is 82.6 cm³/mol. The molecular formula is C16H22N4O. The van der Waals surface area contributed by atoms with Gasteiger partial charge in [-0.05, 0) is 56.6 Å². The Kier molecular flexibility index (Phi) is 5.32. The fourth-order valence-corrected chi connectivity index (χ4v) is 3.04. The molecule has 5 nitrogen and oxygen atoms in total. The Morgan fingerprint density at radius 1 is 1.43 bits per heavy atom. The van der Waals surface area contributed by atoms with E-state index in [1.165, 1.54) is 6.42 Å². The van der Waals surface area contributed by atoms with Crippen molar-refractivity contribution in [3.05, 3.63) is 29.8 Å². The SMILES string of the molecule is CN(CC(=O)Nc1ccc(C#N)cc1)C1CCCC1CN. The van der Waals surface area contributed by atoms with Crippen LogP contribution in [0.1, 0.15) is 24.8 Å². The highest BCUT2D eigenvalue weighted by molar-refractivity contribution is 5.92. The Hall–Kier alpha value is -1.90. The molecule has 2 rings (SSSR count). The van der Waals surface area contributed by atoms with Crippen LogP contribution < -0.4 is 11.1 Å². The van der Waals surface area contributed by atoms with Gasteiger partial charge in [-0.15, -0.1) is 0 Å². The number of nitriles is 1. The third-order valence-corrected chi connectivity index (χ3v) is 4.18. The molecule has 0 bridgehead atoms. The second-order valence-corrected chi connectivity index (χ2v) is 5.65. The Morgan fingerprint density at radius 2 is 2.14 bits per heavy atom. The summed E-state index contributed by atoms with van der Waals surface area (Å²) in [5, 5.41) is 11.6. The minimum atomic E-state index is -0.0371. The maximum Gasteiger partial charge on any atom is 0.238 e. The lowest BCUT2D eigenvalue weighted by Gasteiger charge is -2.28. The minimum Gasteiger partial charge on any atom is -0.330 e. The monoisotopic (exact) mass is 286 g/mol. The molecular weight excluding hydrogens is 264 g/mol. The quantitative estimate of drug-likeness (QED) is 0.860. The molecule has 1 aliphatic carbocycles. The molecule has 0 spiro atoms. The molecule has 0 aliphatic heterocycles. The van der Waals surface area contributed by atoms with Crippen LogP contribution in [0.4, 0.5) is 5.69 Å². The number of amides is 1. The van der Waals surface area contributed by atoms with Gasteiger partial charge in [-0.2, -0.15) is 5.26 Å². The van der Waals surface area contributed by atoms with Gasteiger partial charge < -0.3 is 11.1 Å². The summed E-state index contributed by atoms with van der Waals surface area (Å²) in [6, 6.07) is 9.34. The van der Waals surface area contributed by atoms with Crippen LogP contribution in [0.15, 0.2) is 24.3 Å². The molecule has 1 saturated carbocycles. The first-order valence-corrected chi connectivity index (χ1v) is 7.34. The fraction of sp³-hybridized carbons (Fsp3) is 0.500. The highest BCUT2D eigenvalue weighted by Gasteiger charge is 2.29. The van der Waals surface area contributed by atoms with Crippen LogP contribution in [0.2, 0.25) is 0 Å². The minimum absolute atomic E-state index is 0.0371. The Bertz CT molecular complexity index is 520. The zero-order valence-corrected chi connectivity index (χ0v) is 12.4. The fourth-order valence-electron chi connectivity index (χ4n) is 3.04. The standard InChI is InChI=1S/C16H22N4O/c1-20(15-4-2-3-13(15)10-18)11-16(21)19-14-7-5-12(9-17)6-8-14/h5-8,13,15H,2-4,10-11,18H2,1H3,(H,19,21). The number of hydrogen-bond donors (Lipinski definition) is 2. The van der Waals surface area contributed by atoms with Crippen molar-refractivity contribution in [3.8, 4) is 6.07 Å². The highest BCUT2D eigenvalue weighted by Crippen LogP contribution is 2.28. The second-order valence-electron chi connectivity index (χ2n) is 5.65. The maximum atomic E-state index is 12.1. The number of rotatable bonds is 5. The van der Waals surface area contributed by atoms with Gasteiger partial charge in [0.15, 0.2) is 0 Å². The van der Waals surface area contributed by atoms with Crippen molar-refractivity contribution in [2.75, 3.05) is 25.5 Å². The van der Waals surface area contributed by atoms with E-state index >= 15 is 0 Å². The van der Waals surface area contributed by atoms with E-state index in [-0.39, 0.29) is 5.91 Å². The molecule has 21 heavy (non-hydrogen) atoms. The van der Waals surface area contributed by atoms with Gasteiger partial charge in [0.2, 0.25) is 5.91 Å². The summed E-state index contributed by atoms with van der Waals surface area (Å²) in [5.74, 6) is 0.461. The van der Waals surface area contributed by atoms with Crippen molar-refractivity contribution >= 4 is 11.6 Å². The molecule has 0 saturated heterocycles. The average Bonchev–Trinajstić information content (AvgIpc) is 2.96. The van der Waals surface area contributed by atoms with E-state index in [0.29, 0.717) is 36.3 Å². The molecule has 0 aromatic heterocycles. The molecule has 0 heterocycles. The van der Waals surface area contributed by atoms with Gasteiger partial charge in [0.05, 0.1) is 18.2 Å². The normalized spacial score (nSPS) is 21.2. The molecule has 1 aromatic carbocycles. The molecule has 2 atom stereocenters. The Labute approximate surface area is 125 Å². The number of likely N-dealkylation sites (N-methyl/N-ethyl adjacent to an activating group) is 1. The number of nitrogens with two attached hydrogens (primary N) is 1. The molecule has 2 unspecified atom stereocenters. The molecule has 1 fully saturated rings. The van der Waals surface area contributed by atoms with Gasteiger partial charge in [-0.1, -0.05) is 6.42 Å². The first-order valence-electron chi connectivity index (χ1n) is 7.34. The smallest absolute Gasteiger partial charge is 0.238 e. The van der Waals surface area contributed by atoms with Crippen molar-refractivity contribution in [1.82, 2.24) is 4.90 Å². The van der Waals surface area contributed by atoms with Crippen molar-refractivity contribution < 1.29 is 4.79 Å². The average molecular weight is 286 g/mol. The first-order chi connectivity index (χ1) is 10.1. The van der Waals surface area contributed by atoms with Gasteiger partial charge in [0.25, 0.3) is 0 Å². The lowest BCUT2D eigenvalue weighted by atomic mass is 10.0. The molecule has 1 aromatic rings. The zero-order valence-electron chi connectivity index (χ0n) is 12.4. The predicted octanol–water partition coefficient (Wildman–Crippen LogP) is 1.56. The van der Waals surface area contributed by atoms with E-state index in [0.717, 1.165) is 12.8 Å². The van der Waals surface area contributed by atoms with Crippen LogP contribution in [-0.4, -0.2) is 37.0 Å². The van der Waals surface area contributed by atoms with Crippen LogP contribution in [0.25, 0.3) is 0 Å². The van der Waals surface area contributed by atoms with Crippen molar-refractivity contribution in [3.63, 3.8) is 0 Å². The summed E-state index contributed by atoms with van der Waals surface area (Å²) < 4.78 is 0. The maximum absolute atomic E-state index is 12.1. The summed E-state index contributed by atoms with van der Waals surface area (Å²) in [6.07, 6.45) is 3.46. The Balaban J connectivity index is 1.87. The number of carbonyl (C=O) groups excluding carboxylic acids is 1. The lowest BCUT2D eigenvalue weighted by molar-refractivity contribution is -0.117. The van der Waals surface area contributed by atoms with Gasteiger partial charge >= 0.3 is 0 Å². The van der Waals surface area contributed by atoms with Crippen molar-refractivity contribution in [2.45, 2.75) is 25.3 Å². The molecule has 112 valence electrons. The summed E-state index contributed by atoms with van der Waals surface area (Å²) in [4.78, 5) is 14.2. The van der Waals surface area contributed by atoms with Crippen LogP contribution in [0.5, 0.6) is 0 Å². The number of nitrogens with zero attached hydrogens (tertiary/aromatic N) is 2. The number of nitrogens with one attached hydrogen (secondary N) is 1. The summed E-state index contributed by atoms with van der Waals surface area (Å²) in [7, 11) is 1.98. The number of carbonyl (C=O) groups is 1. The van der Waals surface area contributed by atoms with Crippen molar-refractivity contribution in [1.29, 1.82) is 5.26 Å². The van der Waals surface area contributed by atoms with Crippen molar-refractivity contribution in [2.24, 2.45) is 11.7 Å². The summed E-state index contributed by atoms with van der Waals surface area (Å²) >= 11 is 0. The van der Waals surface area contributed by atoms with Crippen LogP contribution >= 0.6 is 0 Å². The van der Waals surface area contributed by atoms with Gasteiger partial charge in [-0.3, -0.25) is 9.69 Å². The number of benzene rings is 1. The van der Waals surface area contributed by atoms with E-state index in [1.807, 2.05) is 7.05 Å². The van der Waals surface area contributed by atoms with Gasteiger partial charge in [-0.25, -0.2) is 0 Å². The summed E-state index contributed by atoms with van der Waals surface area (Å²) in [6.45, 7) is 1.05. The Morgan fingerprint density at radius 3 is 2.76 bits per heavy atom. The van der Waals surface area contributed by atoms with E-state index in [2.05, 4.69) is 16.3 Å². The van der Waals surface area contributed by atoms with Crippen LogP contribution in [0, 0.1) is 17.2 Å². The highest BCUT2D eigenvalue weighted by atomic mass is 16.2. The number of hydrogen-bond acceptors (Lipinski definition) is 4. The summed E-state index contributed by atoms with van der Waals surface area (Å²) in [5.41, 5.74) is 7.09. The van der Waals surface area contributed by atoms with Gasteiger partial charge in [0, 0.05) is 11.7 Å². The van der Waals surface area contributed by atoms with E-state index in [9.17, 15) is 4.79 Å². The molecule has 3 N–H and O–H groups in total.